The van der Waals surface area contributed by atoms with Crippen LogP contribution in [0.15, 0.2) is 42.7 Å². The molecule has 1 aromatic carbocycles. The zero-order valence-corrected chi connectivity index (χ0v) is 14.4. The molecule has 25 heavy (non-hydrogen) atoms. The second-order valence-electron chi connectivity index (χ2n) is 6.67. The summed E-state index contributed by atoms with van der Waals surface area (Å²) in [4.78, 5) is 26.1. The number of aromatic nitrogens is 2. The molecule has 2 aromatic rings. The summed E-state index contributed by atoms with van der Waals surface area (Å²) in [6.45, 7) is 0.571. The highest BCUT2D eigenvalue weighted by molar-refractivity contribution is 5.97. The highest BCUT2D eigenvalue weighted by atomic mass is 16.4. The van der Waals surface area contributed by atoms with Crippen LogP contribution in [0.1, 0.15) is 48.0 Å². The Morgan fingerprint density at radius 2 is 1.88 bits per heavy atom. The number of nitrogens with zero attached hydrogens (tertiary/aromatic N) is 3. The minimum absolute atomic E-state index is 0.288. The first-order valence-electron chi connectivity index (χ1n) is 8.61. The Bertz CT molecular complexity index is 748. The van der Waals surface area contributed by atoms with Crippen LogP contribution in [0.2, 0.25) is 0 Å². The highest BCUT2D eigenvalue weighted by Gasteiger charge is 2.45. The molecular formula is C19H23N3O3. The highest BCUT2D eigenvalue weighted by Crippen LogP contribution is 2.34. The number of amides is 1. The SMILES string of the molecule is CN(C(=O)c1cnn(Cc2ccccc2)c1)C1(C(=O)O)CCCCC1. The van der Waals surface area contributed by atoms with Gasteiger partial charge in [0.15, 0.2) is 0 Å². The van der Waals surface area contributed by atoms with Crippen LogP contribution in [0.4, 0.5) is 0 Å². The van der Waals surface area contributed by atoms with Gasteiger partial charge in [0.25, 0.3) is 5.91 Å². The molecule has 0 radical (unpaired) electrons. The van der Waals surface area contributed by atoms with Crippen LogP contribution in [0.25, 0.3) is 0 Å². The Morgan fingerprint density at radius 1 is 1.20 bits per heavy atom. The molecule has 0 atom stereocenters. The lowest BCUT2D eigenvalue weighted by molar-refractivity contribution is -0.151. The van der Waals surface area contributed by atoms with Crippen LogP contribution < -0.4 is 0 Å². The molecule has 6 nitrogen and oxygen atoms in total. The molecule has 1 saturated carbocycles. The zero-order valence-electron chi connectivity index (χ0n) is 14.4. The van der Waals surface area contributed by atoms with Crippen molar-refractivity contribution in [2.45, 2.75) is 44.2 Å². The molecular weight excluding hydrogens is 318 g/mol. The molecule has 6 heteroatoms. The van der Waals surface area contributed by atoms with Crippen molar-refractivity contribution in [1.29, 1.82) is 0 Å². The topological polar surface area (TPSA) is 75.4 Å². The molecule has 1 aliphatic rings. The number of carboxylic acid groups (broad SMARTS) is 1. The third-order valence-electron chi connectivity index (χ3n) is 5.09. The predicted octanol–water partition coefficient (Wildman–Crippen LogP) is 2.79. The summed E-state index contributed by atoms with van der Waals surface area (Å²) in [5.41, 5.74) is 0.411. The maximum absolute atomic E-state index is 12.8. The first-order chi connectivity index (χ1) is 12.0. The van der Waals surface area contributed by atoms with Crippen molar-refractivity contribution in [2.75, 3.05) is 7.05 Å². The third kappa shape index (κ3) is 3.43. The lowest BCUT2D eigenvalue weighted by Crippen LogP contribution is -2.56. The van der Waals surface area contributed by atoms with Crippen molar-refractivity contribution in [2.24, 2.45) is 0 Å². The van der Waals surface area contributed by atoms with Gasteiger partial charge in [-0.15, -0.1) is 0 Å². The molecule has 1 fully saturated rings. The molecule has 0 unspecified atom stereocenters. The second kappa shape index (κ2) is 7.09. The van der Waals surface area contributed by atoms with E-state index < -0.39 is 11.5 Å². The number of carbonyl (C=O) groups is 2. The van der Waals surface area contributed by atoms with E-state index in [1.807, 2.05) is 30.3 Å². The average molecular weight is 341 g/mol. The van der Waals surface area contributed by atoms with Crippen molar-refractivity contribution in [3.05, 3.63) is 53.9 Å². The molecule has 1 heterocycles. The molecule has 1 N–H and O–H groups in total. The van der Waals surface area contributed by atoms with Crippen molar-refractivity contribution >= 4 is 11.9 Å². The number of likely N-dealkylation sites (N-methyl/N-ethyl adjacent to an activating group) is 1. The molecule has 1 amide bonds. The Kier molecular flexibility index (Phi) is 4.88. The lowest BCUT2D eigenvalue weighted by atomic mass is 9.80. The summed E-state index contributed by atoms with van der Waals surface area (Å²) < 4.78 is 1.70. The van der Waals surface area contributed by atoms with E-state index in [0.29, 0.717) is 24.9 Å². The number of aliphatic carboxylic acids is 1. The van der Waals surface area contributed by atoms with Crippen LogP contribution in [-0.4, -0.2) is 44.3 Å². The van der Waals surface area contributed by atoms with Crippen LogP contribution in [0.5, 0.6) is 0 Å². The number of hydrogen-bond acceptors (Lipinski definition) is 3. The molecule has 1 aliphatic carbocycles. The maximum Gasteiger partial charge on any atom is 0.329 e. The third-order valence-corrected chi connectivity index (χ3v) is 5.09. The van der Waals surface area contributed by atoms with Gasteiger partial charge >= 0.3 is 5.97 Å². The molecule has 1 aromatic heterocycles. The van der Waals surface area contributed by atoms with E-state index in [9.17, 15) is 14.7 Å². The number of carbonyl (C=O) groups excluding carboxylic acids is 1. The molecule has 132 valence electrons. The average Bonchev–Trinajstić information content (AvgIpc) is 3.10. The quantitative estimate of drug-likeness (QED) is 0.907. The van der Waals surface area contributed by atoms with Crippen molar-refractivity contribution in [3.8, 4) is 0 Å². The Hall–Kier alpha value is -2.63. The van der Waals surface area contributed by atoms with E-state index in [4.69, 9.17) is 0 Å². The number of benzene rings is 1. The molecule has 0 aliphatic heterocycles. The van der Waals surface area contributed by atoms with Gasteiger partial charge in [-0.05, 0) is 18.4 Å². The first-order valence-corrected chi connectivity index (χ1v) is 8.61. The summed E-state index contributed by atoms with van der Waals surface area (Å²) in [7, 11) is 1.59. The normalized spacial score (nSPS) is 16.4. The zero-order chi connectivity index (χ0) is 17.9. The predicted molar refractivity (Wildman–Crippen MR) is 93.3 cm³/mol. The monoisotopic (exact) mass is 341 g/mol. The van der Waals surface area contributed by atoms with Crippen LogP contribution in [-0.2, 0) is 11.3 Å². The van der Waals surface area contributed by atoms with Crippen LogP contribution >= 0.6 is 0 Å². The first kappa shape index (κ1) is 17.2. The Labute approximate surface area is 147 Å². The van der Waals surface area contributed by atoms with Gasteiger partial charge in [-0.1, -0.05) is 49.6 Å². The van der Waals surface area contributed by atoms with E-state index in [1.165, 1.54) is 11.1 Å². The Morgan fingerprint density at radius 3 is 2.52 bits per heavy atom. The second-order valence-corrected chi connectivity index (χ2v) is 6.67. The summed E-state index contributed by atoms with van der Waals surface area (Å²) in [5, 5.41) is 14.0. The van der Waals surface area contributed by atoms with Gasteiger partial charge in [-0.2, -0.15) is 5.10 Å². The van der Waals surface area contributed by atoms with E-state index in [1.54, 1.807) is 17.9 Å². The summed E-state index contributed by atoms with van der Waals surface area (Å²) >= 11 is 0. The van der Waals surface area contributed by atoms with Gasteiger partial charge < -0.3 is 10.0 Å². The summed E-state index contributed by atoms with van der Waals surface area (Å²) in [6.07, 6.45) is 6.89. The minimum atomic E-state index is -1.10. The lowest BCUT2D eigenvalue weighted by Gasteiger charge is -2.40. The van der Waals surface area contributed by atoms with Gasteiger partial charge in [0, 0.05) is 13.2 Å². The van der Waals surface area contributed by atoms with Crippen LogP contribution in [0.3, 0.4) is 0 Å². The molecule has 0 saturated heterocycles. The van der Waals surface area contributed by atoms with E-state index >= 15 is 0 Å². The maximum atomic E-state index is 12.8. The van der Waals surface area contributed by atoms with E-state index in [0.717, 1.165) is 24.8 Å². The van der Waals surface area contributed by atoms with Crippen LogP contribution in [0, 0.1) is 0 Å². The fraction of sp³-hybridized carbons (Fsp3) is 0.421. The van der Waals surface area contributed by atoms with Gasteiger partial charge in [0.2, 0.25) is 0 Å². The van der Waals surface area contributed by atoms with Gasteiger partial charge in [-0.3, -0.25) is 9.48 Å². The number of hydrogen-bond donors (Lipinski definition) is 1. The number of rotatable bonds is 5. The van der Waals surface area contributed by atoms with E-state index in [2.05, 4.69) is 5.10 Å². The van der Waals surface area contributed by atoms with Gasteiger partial charge in [0.05, 0.1) is 18.3 Å². The molecule has 0 spiro atoms. The number of carboxylic acids is 1. The Balaban J connectivity index is 1.77. The fourth-order valence-electron chi connectivity index (χ4n) is 3.55. The molecule has 3 rings (SSSR count). The molecule has 0 bridgehead atoms. The van der Waals surface area contributed by atoms with Crippen molar-refractivity contribution in [1.82, 2.24) is 14.7 Å². The van der Waals surface area contributed by atoms with Crippen molar-refractivity contribution < 1.29 is 14.7 Å². The van der Waals surface area contributed by atoms with Gasteiger partial charge in [-0.25, -0.2) is 4.79 Å². The summed E-state index contributed by atoms with van der Waals surface area (Å²) in [6, 6.07) is 9.86. The summed E-state index contributed by atoms with van der Waals surface area (Å²) in [5.74, 6) is -1.21. The van der Waals surface area contributed by atoms with Gasteiger partial charge in [0.1, 0.15) is 5.54 Å². The smallest absolute Gasteiger partial charge is 0.329 e. The standard InChI is InChI=1S/C19H23N3O3/c1-21(19(18(24)25)10-6-3-7-11-19)17(23)16-12-20-22(14-16)13-15-8-4-2-5-9-15/h2,4-5,8-9,12,14H,3,6-7,10-11,13H2,1H3,(H,24,25). The van der Waals surface area contributed by atoms with Crippen molar-refractivity contribution in [3.63, 3.8) is 0 Å². The van der Waals surface area contributed by atoms with E-state index in [-0.39, 0.29) is 5.91 Å². The minimum Gasteiger partial charge on any atom is -0.479 e. The fourth-order valence-corrected chi connectivity index (χ4v) is 3.55. The largest absolute Gasteiger partial charge is 0.479 e.